The first-order valence-corrected chi connectivity index (χ1v) is 7.16. The minimum Gasteiger partial charge on any atom is -0.465 e. The Hall–Kier alpha value is -1.85. The predicted molar refractivity (Wildman–Crippen MR) is 79.6 cm³/mol. The lowest BCUT2D eigenvalue weighted by Crippen LogP contribution is -2.00. The zero-order valence-electron chi connectivity index (χ0n) is 10.6. The number of fused-ring (bicyclic) bond motifs is 1. The molecule has 4 nitrogen and oxygen atoms in total. The number of hydrogen-bond donors (Lipinski definition) is 1. The van der Waals surface area contributed by atoms with Crippen molar-refractivity contribution in [2.24, 2.45) is 0 Å². The molecule has 20 heavy (non-hydrogen) atoms. The standard InChI is InChI=1S/C14H11ClN2O2S/c1-19-14(18)8-2-3-10-9(6-8)13(15)11(20-10)7-12-16-4-5-17-12/h2-6H,7H2,1H3,(H,16,17). The van der Waals surface area contributed by atoms with Gasteiger partial charge in [0.25, 0.3) is 0 Å². The summed E-state index contributed by atoms with van der Waals surface area (Å²) in [6.07, 6.45) is 4.15. The van der Waals surface area contributed by atoms with Crippen molar-refractivity contribution in [3.05, 3.63) is 51.9 Å². The molecule has 0 amide bonds. The van der Waals surface area contributed by atoms with Crippen LogP contribution in [-0.4, -0.2) is 23.0 Å². The number of ether oxygens (including phenoxy) is 1. The predicted octanol–water partition coefficient (Wildman–Crippen LogP) is 3.66. The Labute approximate surface area is 124 Å². The van der Waals surface area contributed by atoms with Crippen molar-refractivity contribution >= 4 is 39.0 Å². The number of aromatic nitrogens is 2. The fraction of sp³-hybridized carbons (Fsp3) is 0.143. The number of hydrogen-bond acceptors (Lipinski definition) is 4. The number of carbonyl (C=O) groups excluding carboxylic acids is 1. The second-order valence-corrected chi connectivity index (χ2v) is 5.77. The summed E-state index contributed by atoms with van der Waals surface area (Å²) < 4.78 is 5.77. The van der Waals surface area contributed by atoms with Gasteiger partial charge in [-0.15, -0.1) is 11.3 Å². The molecule has 2 heterocycles. The fourth-order valence-corrected chi connectivity index (χ4v) is 3.50. The molecule has 0 aliphatic heterocycles. The van der Waals surface area contributed by atoms with Gasteiger partial charge in [0.05, 0.1) is 17.7 Å². The van der Waals surface area contributed by atoms with Crippen LogP contribution in [-0.2, 0) is 11.2 Å². The third kappa shape index (κ3) is 2.30. The fourth-order valence-electron chi connectivity index (χ4n) is 2.02. The molecule has 3 rings (SSSR count). The number of benzene rings is 1. The molecule has 0 saturated heterocycles. The first-order chi connectivity index (χ1) is 9.69. The minimum absolute atomic E-state index is 0.359. The molecular weight excluding hydrogens is 296 g/mol. The first kappa shape index (κ1) is 13.1. The zero-order valence-corrected chi connectivity index (χ0v) is 12.2. The Balaban J connectivity index is 2.03. The van der Waals surface area contributed by atoms with Crippen LogP contribution >= 0.6 is 22.9 Å². The number of halogens is 1. The van der Waals surface area contributed by atoms with Gasteiger partial charge < -0.3 is 9.72 Å². The number of esters is 1. The molecule has 0 bridgehead atoms. The van der Waals surface area contributed by atoms with Crippen LogP contribution in [0.25, 0.3) is 10.1 Å². The number of methoxy groups -OCH3 is 1. The normalized spacial score (nSPS) is 10.9. The van der Waals surface area contributed by atoms with Crippen LogP contribution < -0.4 is 0 Å². The quantitative estimate of drug-likeness (QED) is 0.751. The van der Waals surface area contributed by atoms with Crippen molar-refractivity contribution in [1.29, 1.82) is 0 Å². The maximum atomic E-state index is 11.6. The summed E-state index contributed by atoms with van der Waals surface area (Å²) in [7, 11) is 1.37. The number of carbonyl (C=O) groups is 1. The number of rotatable bonds is 3. The Morgan fingerprint density at radius 2 is 2.35 bits per heavy atom. The lowest BCUT2D eigenvalue weighted by molar-refractivity contribution is 0.0601. The van der Waals surface area contributed by atoms with E-state index >= 15 is 0 Å². The van der Waals surface area contributed by atoms with E-state index in [1.165, 1.54) is 7.11 Å². The number of thiophene rings is 1. The lowest BCUT2D eigenvalue weighted by atomic mass is 10.1. The van der Waals surface area contributed by atoms with Crippen LogP contribution in [0.15, 0.2) is 30.6 Å². The van der Waals surface area contributed by atoms with E-state index in [1.54, 1.807) is 35.9 Å². The molecule has 3 aromatic rings. The summed E-state index contributed by atoms with van der Waals surface area (Å²) >= 11 is 8.02. The summed E-state index contributed by atoms with van der Waals surface area (Å²) in [5.74, 6) is 0.508. The Morgan fingerprint density at radius 3 is 3.05 bits per heavy atom. The van der Waals surface area contributed by atoms with Crippen LogP contribution in [0.5, 0.6) is 0 Å². The lowest BCUT2D eigenvalue weighted by Gasteiger charge is -1.99. The van der Waals surface area contributed by atoms with E-state index in [2.05, 4.69) is 9.97 Å². The SMILES string of the molecule is COC(=O)c1ccc2sc(Cc3ncc[nH]3)c(Cl)c2c1. The Bertz CT molecular complexity index is 765. The Kier molecular flexibility index (Phi) is 3.46. The van der Waals surface area contributed by atoms with E-state index in [-0.39, 0.29) is 5.97 Å². The van der Waals surface area contributed by atoms with Gasteiger partial charge in [-0.1, -0.05) is 11.6 Å². The number of nitrogens with zero attached hydrogens (tertiary/aromatic N) is 1. The monoisotopic (exact) mass is 306 g/mol. The van der Waals surface area contributed by atoms with Gasteiger partial charge in [0, 0.05) is 33.8 Å². The van der Waals surface area contributed by atoms with Gasteiger partial charge in [0.2, 0.25) is 0 Å². The summed E-state index contributed by atoms with van der Waals surface area (Å²) in [4.78, 5) is 19.8. The summed E-state index contributed by atoms with van der Waals surface area (Å²) in [5.41, 5.74) is 0.504. The number of imidazole rings is 1. The van der Waals surface area contributed by atoms with E-state index < -0.39 is 0 Å². The third-order valence-corrected chi connectivity index (χ3v) is 4.71. The maximum absolute atomic E-state index is 11.6. The van der Waals surface area contributed by atoms with E-state index in [1.807, 2.05) is 6.07 Å². The van der Waals surface area contributed by atoms with E-state index in [0.29, 0.717) is 17.0 Å². The highest BCUT2D eigenvalue weighted by molar-refractivity contribution is 7.19. The molecule has 6 heteroatoms. The molecule has 1 N–H and O–H groups in total. The molecule has 0 unspecified atom stereocenters. The molecule has 102 valence electrons. The zero-order chi connectivity index (χ0) is 14.1. The van der Waals surface area contributed by atoms with Crippen molar-refractivity contribution in [3.8, 4) is 0 Å². The van der Waals surface area contributed by atoms with E-state index in [0.717, 1.165) is 20.8 Å². The van der Waals surface area contributed by atoms with Crippen molar-refractivity contribution < 1.29 is 9.53 Å². The minimum atomic E-state index is -0.359. The van der Waals surface area contributed by atoms with Crippen molar-refractivity contribution in [3.63, 3.8) is 0 Å². The van der Waals surface area contributed by atoms with E-state index in [9.17, 15) is 4.79 Å². The van der Waals surface area contributed by atoms with Crippen LogP contribution in [0, 0.1) is 0 Å². The molecule has 0 spiro atoms. The van der Waals surface area contributed by atoms with Crippen molar-refractivity contribution in [2.75, 3.05) is 7.11 Å². The summed E-state index contributed by atoms with van der Waals surface area (Å²) in [6.45, 7) is 0. The third-order valence-electron chi connectivity index (χ3n) is 3.00. The molecule has 0 fully saturated rings. The Morgan fingerprint density at radius 1 is 1.50 bits per heavy atom. The average Bonchev–Trinajstić information content (AvgIpc) is 3.08. The molecule has 0 aliphatic carbocycles. The molecule has 0 atom stereocenters. The van der Waals surface area contributed by atoms with Crippen LogP contribution in [0.1, 0.15) is 21.1 Å². The largest absolute Gasteiger partial charge is 0.465 e. The second kappa shape index (κ2) is 5.26. The van der Waals surface area contributed by atoms with Crippen molar-refractivity contribution in [2.45, 2.75) is 6.42 Å². The van der Waals surface area contributed by atoms with Crippen LogP contribution in [0.3, 0.4) is 0 Å². The molecule has 2 aromatic heterocycles. The molecule has 0 radical (unpaired) electrons. The highest BCUT2D eigenvalue weighted by Gasteiger charge is 2.14. The summed E-state index contributed by atoms with van der Waals surface area (Å²) in [6, 6.07) is 5.41. The smallest absolute Gasteiger partial charge is 0.337 e. The topological polar surface area (TPSA) is 55.0 Å². The molecule has 1 aromatic carbocycles. The van der Waals surface area contributed by atoms with Gasteiger partial charge in [-0.2, -0.15) is 0 Å². The molecule has 0 aliphatic rings. The van der Waals surface area contributed by atoms with Gasteiger partial charge in [-0.3, -0.25) is 0 Å². The number of aromatic amines is 1. The maximum Gasteiger partial charge on any atom is 0.337 e. The van der Waals surface area contributed by atoms with Gasteiger partial charge in [0.15, 0.2) is 0 Å². The van der Waals surface area contributed by atoms with Gasteiger partial charge in [-0.25, -0.2) is 9.78 Å². The van der Waals surface area contributed by atoms with Crippen LogP contribution in [0.4, 0.5) is 0 Å². The van der Waals surface area contributed by atoms with Gasteiger partial charge in [0.1, 0.15) is 5.82 Å². The second-order valence-electron chi connectivity index (χ2n) is 4.25. The van der Waals surface area contributed by atoms with Crippen molar-refractivity contribution in [1.82, 2.24) is 9.97 Å². The average molecular weight is 307 g/mol. The van der Waals surface area contributed by atoms with Gasteiger partial charge >= 0.3 is 5.97 Å². The highest BCUT2D eigenvalue weighted by atomic mass is 35.5. The van der Waals surface area contributed by atoms with Crippen LogP contribution in [0.2, 0.25) is 5.02 Å². The molecule has 0 saturated carbocycles. The molecular formula is C14H11ClN2O2S. The number of nitrogens with one attached hydrogen (secondary N) is 1. The van der Waals surface area contributed by atoms with Gasteiger partial charge in [-0.05, 0) is 18.2 Å². The first-order valence-electron chi connectivity index (χ1n) is 5.96. The summed E-state index contributed by atoms with van der Waals surface area (Å²) in [5, 5.41) is 1.55. The number of H-pyrrole nitrogens is 1. The van der Waals surface area contributed by atoms with E-state index in [4.69, 9.17) is 16.3 Å². The highest BCUT2D eigenvalue weighted by Crippen LogP contribution is 2.36.